The van der Waals surface area contributed by atoms with Crippen molar-refractivity contribution in [2.24, 2.45) is 5.92 Å². The van der Waals surface area contributed by atoms with E-state index in [1.165, 1.54) is 0 Å². The maximum absolute atomic E-state index is 13.0. The van der Waals surface area contributed by atoms with Gasteiger partial charge in [0.15, 0.2) is 17.1 Å². The van der Waals surface area contributed by atoms with Crippen molar-refractivity contribution in [3.63, 3.8) is 0 Å². The third-order valence-electron chi connectivity index (χ3n) is 6.06. The number of carboxylic acids is 1. The van der Waals surface area contributed by atoms with Crippen LogP contribution in [0, 0.1) is 5.92 Å². The molecule has 186 valence electrons. The monoisotopic (exact) mass is 498 g/mol. The Morgan fingerprint density at radius 2 is 1.78 bits per heavy atom. The lowest BCUT2D eigenvalue weighted by Crippen LogP contribution is -2.27. The number of nitrogens with zero attached hydrogens (tertiary/aromatic N) is 4. The number of hydrogen-bond acceptors (Lipinski definition) is 8. The molecular weight excluding hydrogens is 476 g/mol. The first-order chi connectivity index (χ1) is 18.0. The second kappa shape index (κ2) is 10.4. The number of rotatable bonds is 10. The summed E-state index contributed by atoms with van der Waals surface area (Å²) >= 11 is 0. The van der Waals surface area contributed by atoms with E-state index in [1.54, 1.807) is 42.5 Å². The van der Waals surface area contributed by atoms with Crippen LogP contribution in [0.2, 0.25) is 0 Å². The van der Waals surface area contributed by atoms with E-state index in [-0.39, 0.29) is 30.6 Å². The first kappa shape index (κ1) is 23.9. The Balaban J connectivity index is 1.27. The molecule has 2 aromatic heterocycles. The third-order valence-corrected chi connectivity index (χ3v) is 6.06. The van der Waals surface area contributed by atoms with Gasteiger partial charge in [-0.15, -0.1) is 5.10 Å². The standard InChI is InChI=1S/C27H22N4O6/c32-23(14-18(27(34)35)12-13-31-26(33)20-8-4-5-9-22(20)28-30-31)25-21-11-10-19(15-24(21)37-29-25)36-16-17-6-2-1-3-7-17/h1-11,15,18H,12-14,16H2,(H,34,35). The molecule has 1 atom stereocenters. The maximum atomic E-state index is 13.0. The highest BCUT2D eigenvalue weighted by Crippen LogP contribution is 2.26. The number of benzene rings is 3. The van der Waals surface area contributed by atoms with Crippen molar-refractivity contribution in [2.75, 3.05) is 0 Å². The zero-order chi connectivity index (χ0) is 25.8. The van der Waals surface area contributed by atoms with Gasteiger partial charge in [0.2, 0.25) is 0 Å². The van der Waals surface area contributed by atoms with Crippen LogP contribution in [0.5, 0.6) is 5.75 Å². The Morgan fingerprint density at radius 3 is 2.59 bits per heavy atom. The SMILES string of the molecule is O=C(CC(CCn1nnc2ccccc2c1=O)C(=O)O)c1noc2cc(OCc3ccccc3)ccc12. The number of carbonyl (C=O) groups excluding carboxylic acids is 1. The van der Waals surface area contributed by atoms with E-state index in [4.69, 9.17) is 9.26 Å². The molecular formula is C27H22N4O6. The molecule has 37 heavy (non-hydrogen) atoms. The fourth-order valence-corrected chi connectivity index (χ4v) is 4.03. The summed E-state index contributed by atoms with van der Waals surface area (Å²) in [7, 11) is 0. The van der Waals surface area contributed by atoms with Crippen LogP contribution in [0.1, 0.15) is 28.9 Å². The summed E-state index contributed by atoms with van der Waals surface area (Å²) in [4.78, 5) is 37.5. The normalized spacial score (nSPS) is 12.0. The summed E-state index contributed by atoms with van der Waals surface area (Å²) in [6.45, 7) is 0.375. The van der Waals surface area contributed by atoms with Crippen LogP contribution in [0.3, 0.4) is 0 Å². The van der Waals surface area contributed by atoms with Crippen molar-refractivity contribution in [2.45, 2.75) is 26.0 Å². The third kappa shape index (κ3) is 5.22. The summed E-state index contributed by atoms with van der Waals surface area (Å²) in [6.07, 6.45) is -0.291. The molecule has 0 bridgehead atoms. The average Bonchev–Trinajstić information content (AvgIpc) is 3.35. The molecule has 0 aliphatic rings. The van der Waals surface area contributed by atoms with Gasteiger partial charge in [0, 0.05) is 19.0 Å². The van der Waals surface area contributed by atoms with Gasteiger partial charge in [-0.25, -0.2) is 4.68 Å². The molecule has 3 aromatic carbocycles. The van der Waals surface area contributed by atoms with E-state index in [0.29, 0.717) is 34.2 Å². The summed E-state index contributed by atoms with van der Waals surface area (Å²) in [5.41, 5.74) is 1.51. The zero-order valence-corrected chi connectivity index (χ0v) is 19.6. The van der Waals surface area contributed by atoms with E-state index in [0.717, 1.165) is 10.2 Å². The van der Waals surface area contributed by atoms with Crippen LogP contribution in [-0.4, -0.2) is 37.0 Å². The van der Waals surface area contributed by atoms with Crippen molar-refractivity contribution in [3.05, 3.63) is 94.4 Å². The molecule has 0 aliphatic carbocycles. The van der Waals surface area contributed by atoms with Gasteiger partial charge < -0.3 is 14.4 Å². The number of carboxylic acid groups (broad SMARTS) is 1. The minimum absolute atomic E-state index is 0.00257. The van der Waals surface area contributed by atoms with Gasteiger partial charge in [0.1, 0.15) is 17.9 Å². The molecule has 1 N–H and O–H groups in total. The fourth-order valence-electron chi connectivity index (χ4n) is 4.03. The van der Waals surface area contributed by atoms with E-state index >= 15 is 0 Å². The second-order valence-electron chi connectivity index (χ2n) is 8.55. The summed E-state index contributed by atoms with van der Waals surface area (Å²) < 4.78 is 12.2. The number of Topliss-reactive ketones (excluding diaryl/α,β-unsaturated/α-hetero) is 1. The number of aromatic nitrogens is 4. The largest absolute Gasteiger partial charge is 0.489 e. The number of ether oxygens (including phenoxy) is 1. The fraction of sp³-hybridized carbons (Fsp3) is 0.185. The number of carbonyl (C=O) groups is 2. The number of hydrogen-bond donors (Lipinski definition) is 1. The Kier molecular flexibility index (Phi) is 6.71. The topological polar surface area (TPSA) is 137 Å². The molecule has 0 fully saturated rings. The number of aryl methyl sites for hydroxylation is 1. The van der Waals surface area contributed by atoms with Gasteiger partial charge in [-0.1, -0.05) is 52.8 Å². The Hall–Kier alpha value is -4.86. The molecule has 2 heterocycles. The van der Waals surface area contributed by atoms with Gasteiger partial charge in [0.25, 0.3) is 5.56 Å². The number of ketones is 1. The second-order valence-corrected chi connectivity index (χ2v) is 8.55. The van der Waals surface area contributed by atoms with Gasteiger partial charge in [-0.2, -0.15) is 0 Å². The van der Waals surface area contributed by atoms with Crippen LogP contribution < -0.4 is 10.3 Å². The lowest BCUT2D eigenvalue weighted by Gasteiger charge is -2.11. The van der Waals surface area contributed by atoms with Crippen LogP contribution in [-0.2, 0) is 17.9 Å². The number of aliphatic carboxylic acids is 1. The van der Waals surface area contributed by atoms with Crippen LogP contribution in [0.15, 0.2) is 82.1 Å². The van der Waals surface area contributed by atoms with Crippen molar-refractivity contribution >= 4 is 33.6 Å². The first-order valence-electron chi connectivity index (χ1n) is 11.6. The predicted octanol–water partition coefficient (Wildman–Crippen LogP) is 3.88. The predicted molar refractivity (Wildman–Crippen MR) is 133 cm³/mol. The smallest absolute Gasteiger partial charge is 0.307 e. The summed E-state index contributed by atoms with van der Waals surface area (Å²) in [6, 6.07) is 21.5. The Labute approximate surface area is 210 Å². The average molecular weight is 498 g/mol. The quantitative estimate of drug-likeness (QED) is 0.284. The van der Waals surface area contributed by atoms with Gasteiger partial charge in [-0.05, 0) is 36.2 Å². The summed E-state index contributed by atoms with van der Waals surface area (Å²) in [5.74, 6) is -2.12. The molecule has 5 rings (SSSR count). The van der Waals surface area contributed by atoms with Crippen LogP contribution in [0.4, 0.5) is 0 Å². The lowest BCUT2D eigenvalue weighted by atomic mass is 9.96. The van der Waals surface area contributed by atoms with Crippen molar-refractivity contribution in [1.29, 1.82) is 0 Å². The molecule has 0 saturated heterocycles. The van der Waals surface area contributed by atoms with Gasteiger partial charge in [-0.3, -0.25) is 14.4 Å². The molecule has 5 aromatic rings. The molecule has 10 heteroatoms. The molecule has 0 saturated carbocycles. The van der Waals surface area contributed by atoms with Crippen molar-refractivity contribution in [3.8, 4) is 5.75 Å². The van der Waals surface area contributed by atoms with Crippen LogP contribution >= 0.6 is 0 Å². The Morgan fingerprint density at radius 1 is 1.00 bits per heavy atom. The molecule has 0 spiro atoms. The van der Waals surface area contributed by atoms with Crippen molar-refractivity contribution in [1.82, 2.24) is 20.2 Å². The Bertz CT molecular complexity index is 1640. The lowest BCUT2D eigenvalue weighted by molar-refractivity contribution is -0.142. The molecule has 0 aliphatic heterocycles. The van der Waals surface area contributed by atoms with Crippen LogP contribution in [0.25, 0.3) is 21.9 Å². The molecule has 0 amide bonds. The highest BCUT2D eigenvalue weighted by atomic mass is 16.5. The van der Waals surface area contributed by atoms with Gasteiger partial charge >= 0.3 is 5.97 Å². The minimum Gasteiger partial charge on any atom is -0.489 e. The van der Waals surface area contributed by atoms with E-state index in [1.807, 2.05) is 30.3 Å². The van der Waals surface area contributed by atoms with E-state index < -0.39 is 17.7 Å². The number of fused-ring (bicyclic) bond motifs is 2. The zero-order valence-electron chi connectivity index (χ0n) is 19.6. The maximum Gasteiger partial charge on any atom is 0.307 e. The van der Waals surface area contributed by atoms with E-state index in [2.05, 4.69) is 15.5 Å². The summed E-state index contributed by atoms with van der Waals surface area (Å²) in [5, 5.41) is 22.3. The van der Waals surface area contributed by atoms with E-state index in [9.17, 15) is 19.5 Å². The minimum atomic E-state index is -1.15. The molecule has 10 nitrogen and oxygen atoms in total. The van der Waals surface area contributed by atoms with Gasteiger partial charge in [0.05, 0.1) is 16.7 Å². The van der Waals surface area contributed by atoms with Crippen molar-refractivity contribution < 1.29 is 24.0 Å². The molecule has 0 radical (unpaired) electrons. The first-order valence-corrected chi connectivity index (χ1v) is 11.6. The highest BCUT2D eigenvalue weighted by molar-refractivity contribution is 6.06. The molecule has 1 unspecified atom stereocenters. The highest BCUT2D eigenvalue weighted by Gasteiger charge is 2.26.